The molecule has 0 aliphatic carbocycles. The second kappa shape index (κ2) is 5.90. The monoisotopic (exact) mass is 239 g/mol. The SMILES string of the molecule is Cc1cc(CC(=O)NCC(C)C)ccc1Cl. The van der Waals surface area contributed by atoms with Crippen LogP contribution in [-0.2, 0) is 11.2 Å². The average molecular weight is 240 g/mol. The van der Waals surface area contributed by atoms with Gasteiger partial charge in [-0.25, -0.2) is 0 Å². The van der Waals surface area contributed by atoms with Crippen LogP contribution in [0.2, 0.25) is 5.02 Å². The third-order valence-corrected chi connectivity index (χ3v) is 2.72. The molecule has 0 saturated heterocycles. The molecule has 1 aromatic rings. The minimum atomic E-state index is 0.0652. The van der Waals surface area contributed by atoms with E-state index >= 15 is 0 Å². The third-order valence-electron chi connectivity index (χ3n) is 2.29. The first-order valence-corrected chi connectivity index (χ1v) is 5.88. The van der Waals surface area contributed by atoms with Gasteiger partial charge in [0, 0.05) is 11.6 Å². The zero-order valence-electron chi connectivity index (χ0n) is 10.0. The molecule has 0 heterocycles. The van der Waals surface area contributed by atoms with E-state index in [4.69, 9.17) is 11.6 Å². The lowest BCUT2D eigenvalue weighted by atomic mass is 10.1. The van der Waals surface area contributed by atoms with Crippen molar-refractivity contribution in [3.05, 3.63) is 34.3 Å². The van der Waals surface area contributed by atoms with Crippen LogP contribution in [0.4, 0.5) is 0 Å². The van der Waals surface area contributed by atoms with Crippen molar-refractivity contribution in [3.8, 4) is 0 Å². The molecule has 2 nitrogen and oxygen atoms in total. The molecule has 0 unspecified atom stereocenters. The highest BCUT2D eigenvalue weighted by Crippen LogP contribution is 2.16. The maximum absolute atomic E-state index is 11.6. The molecule has 1 aromatic carbocycles. The van der Waals surface area contributed by atoms with Crippen LogP contribution < -0.4 is 5.32 Å². The number of carbonyl (C=O) groups is 1. The molecule has 0 fully saturated rings. The molecule has 3 heteroatoms. The first-order valence-electron chi connectivity index (χ1n) is 5.50. The Morgan fingerprint density at radius 1 is 1.44 bits per heavy atom. The zero-order valence-corrected chi connectivity index (χ0v) is 10.8. The normalized spacial score (nSPS) is 10.6. The molecule has 0 radical (unpaired) electrons. The molecule has 0 saturated carbocycles. The van der Waals surface area contributed by atoms with Gasteiger partial charge in [0.2, 0.25) is 5.91 Å². The van der Waals surface area contributed by atoms with Crippen LogP contribution in [0.15, 0.2) is 18.2 Å². The van der Waals surface area contributed by atoms with Crippen LogP contribution >= 0.6 is 11.6 Å². The van der Waals surface area contributed by atoms with Crippen molar-refractivity contribution in [1.29, 1.82) is 0 Å². The number of nitrogens with one attached hydrogen (secondary N) is 1. The molecular formula is C13H18ClNO. The second-order valence-electron chi connectivity index (χ2n) is 4.46. The van der Waals surface area contributed by atoms with E-state index in [1.54, 1.807) is 0 Å². The summed E-state index contributed by atoms with van der Waals surface area (Å²) in [5, 5.41) is 3.63. The number of hydrogen-bond acceptors (Lipinski definition) is 1. The van der Waals surface area contributed by atoms with E-state index in [0.29, 0.717) is 12.3 Å². The summed E-state index contributed by atoms with van der Waals surface area (Å²) in [6, 6.07) is 5.68. The van der Waals surface area contributed by atoms with Gasteiger partial charge >= 0.3 is 0 Å². The summed E-state index contributed by atoms with van der Waals surface area (Å²) < 4.78 is 0. The van der Waals surface area contributed by atoms with Crippen molar-refractivity contribution in [2.24, 2.45) is 5.92 Å². The lowest BCUT2D eigenvalue weighted by Gasteiger charge is -2.08. The second-order valence-corrected chi connectivity index (χ2v) is 4.87. The molecule has 1 N–H and O–H groups in total. The van der Waals surface area contributed by atoms with Crippen molar-refractivity contribution < 1.29 is 4.79 Å². The first-order chi connectivity index (χ1) is 7.49. The Balaban J connectivity index is 2.53. The van der Waals surface area contributed by atoms with Crippen LogP contribution in [0.1, 0.15) is 25.0 Å². The number of amides is 1. The van der Waals surface area contributed by atoms with Gasteiger partial charge in [-0.05, 0) is 30.0 Å². The van der Waals surface area contributed by atoms with Crippen molar-refractivity contribution >= 4 is 17.5 Å². The standard InChI is InChI=1S/C13H18ClNO/c1-9(2)8-15-13(16)7-11-4-5-12(14)10(3)6-11/h4-6,9H,7-8H2,1-3H3,(H,15,16). The lowest BCUT2D eigenvalue weighted by molar-refractivity contribution is -0.120. The summed E-state index contributed by atoms with van der Waals surface area (Å²) in [5.74, 6) is 0.548. The molecule has 1 amide bonds. The van der Waals surface area contributed by atoms with Crippen molar-refractivity contribution in [1.82, 2.24) is 5.32 Å². The summed E-state index contributed by atoms with van der Waals surface area (Å²) in [6.07, 6.45) is 0.421. The van der Waals surface area contributed by atoms with Gasteiger partial charge in [-0.1, -0.05) is 37.6 Å². The van der Waals surface area contributed by atoms with Gasteiger partial charge in [-0.15, -0.1) is 0 Å². The first kappa shape index (κ1) is 13.0. The Morgan fingerprint density at radius 3 is 2.69 bits per heavy atom. The van der Waals surface area contributed by atoms with Crippen molar-refractivity contribution in [3.63, 3.8) is 0 Å². The van der Waals surface area contributed by atoms with Crippen molar-refractivity contribution in [2.45, 2.75) is 27.2 Å². The van der Waals surface area contributed by atoms with E-state index < -0.39 is 0 Å². The van der Waals surface area contributed by atoms with Gasteiger partial charge in [0.25, 0.3) is 0 Å². The third kappa shape index (κ3) is 4.23. The zero-order chi connectivity index (χ0) is 12.1. The Bertz CT molecular complexity index is 374. The molecule has 16 heavy (non-hydrogen) atoms. The Labute approximate surface area is 102 Å². The number of aryl methyl sites for hydroxylation is 1. The van der Waals surface area contributed by atoms with Gasteiger partial charge in [-0.3, -0.25) is 4.79 Å². The predicted octanol–water partition coefficient (Wildman–Crippen LogP) is 2.96. The Hall–Kier alpha value is -1.02. The molecule has 0 bridgehead atoms. The van der Waals surface area contributed by atoms with E-state index in [-0.39, 0.29) is 5.91 Å². The van der Waals surface area contributed by atoms with Crippen LogP contribution in [0.5, 0.6) is 0 Å². The highest BCUT2D eigenvalue weighted by molar-refractivity contribution is 6.31. The van der Waals surface area contributed by atoms with E-state index in [1.165, 1.54) is 0 Å². The van der Waals surface area contributed by atoms with E-state index in [1.807, 2.05) is 25.1 Å². The van der Waals surface area contributed by atoms with Gasteiger partial charge in [0.1, 0.15) is 0 Å². The summed E-state index contributed by atoms with van der Waals surface area (Å²) in [5.41, 5.74) is 2.01. The minimum absolute atomic E-state index is 0.0652. The highest BCUT2D eigenvalue weighted by atomic mass is 35.5. The lowest BCUT2D eigenvalue weighted by Crippen LogP contribution is -2.28. The number of rotatable bonds is 4. The number of benzene rings is 1. The minimum Gasteiger partial charge on any atom is -0.356 e. The fourth-order valence-electron chi connectivity index (χ4n) is 1.38. The molecule has 0 atom stereocenters. The number of hydrogen-bond donors (Lipinski definition) is 1. The fourth-order valence-corrected chi connectivity index (χ4v) is 1.50. The summed E-state index contributed by atoms with van der Waals surface area (Å²) in [7, 11) is 0. The quantitative estimate of drug-likeness (QED) is 0.860. The van der Waals surface area contributed by atoms with Gasteiger partial charge in [-0.2, -0.15) is 0 Å². The largest absolute Gasteiger partial charge is 0.356 e. The molecule has 1 rings (SSSR count). The van der Waals surface area contributed by atoms with Gasteiger partial charge < -0.3 is 5.32 Å². The Morgan fingerprint density at radius 2 is 2.12 bits per heavy atom. The topological polar surface area (TPSA) is 29.1 Å². The molecule has 0 aliphatic heterocycles. The average Bonchev–Trinajstić information content (AvgIpc) is 2.21. The number of halogens is 1. The van der Waals surface area contributed by atoms with E-state index in [9.17, 15) is 4.79 Å². The maximum atomic E-state index is 11.6. The predicted molar refractivity (Wildman–Crippen MR) is 67.7 cm³/mol. The molecule has 0 spiro atoms. The van der Waals surface area contributed by atoms with Gasteiger partial charge in [0.05, 0.1) is 6.42 Å². The van der Waals surface area contributed by atoms with E-state index in [2.05, 4.69) is 19.2 Å². The van der Waals surface area contributed by atoms with Crippen LogP contribution in [0.3, 0.4) is 0 Å². The smallest absolute Gasteiger partial charge is 0.224 e. The molecule has 88 valence electrons. The summed E-state index contributed by atoms with van der Waals surface area (Å²) >= 11 is 5.92. The van der Waals surface area contributed by atoms with E-state index in [0.717, 1.165) is 22.7 Å². The number of carbonyl (C=O) groups excluding carboxylic acids is 1. The van der Waals surface area contributed by atoms with Crippen LogP contribution in [-0.4, -0.2) is 12.5 Å². The van der Waals surface area contributed by atoms with Crippen LogP contribution in [0.25, 0.3) is 0 Å². The Kier molecular flexibility index (Phi) is 4.81. The summed E-state index contributed by atoms with van der Waals surface area (Å²) in [4.78, 5) is 11.6. The highest BCUT2D eigenvalue weighted by Gasteiger charge is 2.05. The molecule has 0 aliphatic rings. The fraction of sp³-hybridized carbons (Fsp3) is 0.462. The maximum Gasteiger partial charge on any atom is 0.224 e. The van der Waals surface area contributed by atoms with Gasteiger partial charge in [0.15, 0.2) is 0 Å². The molecule has 0 aromatic heterocycles. The van der Waals surface area contributed by atoms with Crippen molar-refractivity contribution in [2.75, 3.05) is 6.54 Å². The summed E-state index contributed by atoms with van der Waals surface area (Å²) in [6.45, 7) is 6.82. The van der Waals surface area contributed by atoms with Crippen LogP contribution in [0, 0.1) is 12.8 Å². The molecular weight excluding hydrogens is 222 g/mol.